The molecule has 6 nitrogen and oxygen atoms in total. The first-order chi connectivity index (χ1) is 12.1. The number of nitrogens with zero attached hydrogens (tertiary/aromatic N) is 3. The van der Waals surface area contributed by atoms with Crippen molar-refractivity contribution in [3.05, 3.63) is 72.1 Å². The molecule has 1 aromatic carbocycles. The molecule has 2 aromatic heterocycles. The van der Waals surface area contributed by atoms with E-state index in [0.29, 0.717) is 23.1 Å². The highest BCUT2D eigenvalue weighted by Gasteiger charge is 2.07. The van der Waals surface area contributed by atoms with Crippen LogP contribution >= 0.6 is 0 Å². The summed E-state index contributed by atoms with van der Waals surface area (Å²) in [5, 5.41) is 14.0. The predicted octanol–water partition coefficient (Wildman–Crippen LogP) is 3.99. The number of amides is 1. The summed E-state index contributed by atoms with van der Waals surface area (Å²) in [5.41, 5.74) is 2.69. The molecule has 6 heteroatoms. The summed E-state index contributed by atoms with van der Waals surface area (Å²) >= 11 is 0. The summed E-state index contributed by atoms with van der Waals surface area (Å²) in [6, 6.07) is 15.1. The average molecular weight is 333 g/mol. The molecule has 0 spiro atoms. The molecule has 126 valence electrons. The number of pyridine rings is 1. The van der Waals surface area contributed by atoms with Gasteiger partial charge >= 0.3 is 0 Å². The molecule has 0 saturated carbocycles. The van der Waals surface area contributed by atoms with Gasteiger partial charge in [0.1, 0.15) is 0 Å². The van der Waals surface area contributed by atoms with E-state index in [0.717, 1.165) is 5.69 Å². The van der Waals surface area contributed by atoms with Gasteiger partial charge in [0.25, 0.3) is 5.91 Å². The van der Waals surface area contributed by atoms with Crippen LogP contribution in [0.3, 0.4) is 0 Å². The second-order valence-electron chi connectivity index (χ2n) is 5.90. The lowest BCUT2D eigenvalue weighted by molar-refractivity contribution is 0.102. The van der Waals surface area contributed by atoms with E-state index in [4.69, 9.17) is 0 Å². The molecule has 3 rings (SSSR count). The Morgan fingerprint density at radius 3 is 2.28 bits per heavy atom. The molecule has 0 radical (unpaired) electrons. The van der Waals surface area contributed by atoms with Gasteiger partial charge in [0.2, 0.25) is 0 Å². The van der Waals surface area contributed by atoms with Gasteiger partial charge in [0.05, 0.1) is 5.56 Å². The van der Waals surface area contributed by atoms with Crippen LogP contribution in [-0.4, -0.2) is 21.1 Å². The van der Waals surface area contributed by atoms with E-state index in [1.165, 1.54) is 11.8 Å². The smallest absolute Gasteiger partial charge is 0.258 e. The molecule has 0 aliphatic carbocycles. The van der Waals surface area contributed by atoms with Crippen LogP contribution in [0.2, 0.25) is 0 Å². The summed E-state index contributed by atoms with van der Waals surface area (Å²) in [7, 11) is 0. The minimum absolute atomic E-state index is 0.271. The number of anilines is 3. The second kappa shape index (κ2) is 7.53. The Morgan fingerprint density at radius 2 is 1.68 bits per heavy atom. The lowest BCUT2D eigenvalue weighted by Crippen LogP contribution is -2.13. The highest BCUT2D eigenvalue weighted by Crippen LogP contribution is 2.19. The van der Waals surface area contributed by atoms with Crippen LogP contribution in [0.4, 0.5) is 17.3 Å². The fourth-order valence-electron chi connectivity index (χ4n) is 2.25. The lowest BCUT2D eigenvalue weighted by atomic mass is 10.0. The standard InChI is InChI=1S/C19H19N5O/c1-13(2)14-5-7-16(8-6-14)21-17-9-10-18(24-23-17)22-19(25)15-4-3-11-20-12-15/h3-13H,1-2H3,(H,21,23)(H,22,24,25). The van der Waals surface area contributed by atoms with Crippen molar-refractivity contribution in [2.45, 2.75) is 19.8 Å². The first-order valence-corrected chi connectivity index (χ1v) is 8.04. The van der Waals surface area contributed by atoms with E-state index >= 15 is 0 Å². The molecule has 0 saturated heterocycles. The topological polar surface area (TPSA) is 79.8 Å². The number of carbonyl (C=O) groups is 1. The SMILES string of the molecule is CC(C)c1ccc(Nc2ccc(NC(=O)c3cccnc3)nn2)cc1. The van der Waals surface area contributed by atoms with E-state index in [1.54, 1.807) is 30.5 Å². The molecule has 25 heavy (non-hydrogen) atoms. The fourth-order valence-corrected chi connectivity index (χ4v) is 2.25. The molecule has 0 bridgehead atoms. The third-order valence-corrected chi connectivity index (χ3v) is 3.68. The molecule has 1 amide bonds. The van der Waals surface area contributed by atoms with Crippen LogP contribution in [-0.2, 0) is 0 Å². The van der Waals surface area contributed by atoms with E-state index in [-0.39, 0.29) is 5.91 Å². The van der Waals surface area contributed by atoms with Crippen molar-refractivity contribution in [2.75, 3.05) is 10.6 Å². The van der Waals surface area contributed by atoms with Crippen LogP contribution < -0.4 is 10.6 Å². The molecule has 2 N–H and O–H groups in total. The highest BCUT2D eigenvalue weighted by atomic mass is 16.1. The summed E-state index contributed by atoms with van der Waals surface area (Å²) in [6.45, 7) is 4.32. The lowest BCUT2D eigenvalue weighted by Gasteiger charge is -2.09. The van der Waals surface area contributed by atoms with Crippen molar-refractivity contribution in [3.63, 3.8) is 0 Å². The van der Waals surface area contributed by atoms with Gasteiger partial charge in [-0.05, 0) is 47.9 Å². The molecular formula is C19H19N5O. The zero-order valence-corrected chi connectivity index (χ0v) is 14.1. The molecule has 0 unspecified atom stereocenters. The Balaban J connectivity index is 1.63. The van der Waals surface area contributed by atoms with Gasteiger partial charge in [0.15, 0.2) is 11.6 Å². The van der Waals surface area contributed by atoms with E-state index < -0.39 is 0 Å². The van der Waals surface area contributed by atoms with E-state index in [2.05, 4.69) is 51.8 Å². The van der Waals surface area contributed by atoms with Gasteiger partial charge < -0.3 is 10.6 Å². The largest absolute Gasteiger partial charge is 0.339 e. The molecule has 0 aliphatic heterocycles. The summed E-state index contributed by atoms with van der Waals surface area (Å²) in [4.78, 5) is 16.0. The van der Waals surface area contributed by atoms with Gasteiger partial charge in [0, 0.05) is 18.1 Å². The minimum atomic E-state index is -0.271. The first-order valence-electron chi connectivity index (χ1n) is 8.04. The number of carbonyl (C=O) groups excluding carboxylic acids is 1. The second-order valence-corrected chi connectivity index (χ2v) is 5.90. The van der Waals surface area contributed by atoms with Gasteiger partial charge in [-0.15, -0.1) is 10.2 Å². The highest BCUT2D eigenvalue weighted by molar-refractivity contribution is 6.03. The number of nitrogens with one attached hydrogen (secondary N) is 2. The third-order valence-electron chi connectivity index (χ3n) is 3.68. The van der Waals surface area contributed by atoms with Gasteiger partial charge in [-0.1, -0.05) is 26.0 Å². The quantitative estimate of drug-likeness (QED) is 0.738. The monoisotopic (exact) mass is 333 g/mol. The van der Waals surface area contributed by atoms with Crippen LogP contribution in [0.25, 0.3) is 0 Å². The van der Waals surface area contributed by atoms with Crippen LogP contribution in [0.5, 0.6) is 0 Å². The maximum atomic E-state index is 12.0. The molecular weight excluding hydrogens is 314 g/mol. The minimum Gasteiger partial charge on any atom is -0.339 e. The third kappa shape index (κ3) is 4.38. The Morgan fingerprint density at radius 1 is 0.960 bits per heavy atom. The number of benzene rings is 1. The van der Waals surface area contributed by atoms with Crippen molar-refractivity contribution >= 4 is 23.2 Å². The summed E-state index contributed by atoms with van der Waals surface area (Å²) in [5.74, 6) is 1.22. The first kappa shape index (κ1) is 16.6. The van der Waals surface area contributed by atoms with Crippen LogP contribution in [0.15, 0.2) is 60.9 Å². The average Bonchev–Trinajstić information content (AvgIpc) is 2.64. The number of hydrogen-bond donors (Lipinski definition) is 2. The van der Waals surface area contributed by atoms with Gasteiger partial charge in [-0.2, -0.15) is 0 Å². The zero-order chi connectivity index (χ0) is 17.6. The van der Waals surface area contributed by atoms with E-state index in [9.17, 15) is 4.79 Å². The van der Waals surface area contributed by atoms with Gasteiger partial charge in [-0.3, -0.25) is 9.78 Å². The molecule has 0 atom stereocenters. The van der Waals surface area contributed by atoms with Crippen molar-refractivity contribution in [2.24, 2.45) is 0 Å². The maximum absolute atomic E-state index is 12.0. The Kier molecular flexibility index (Phi) is 4.99. The maximum Gasteiger partial charge on any atom is 0.258 e. The zero-order valence-electron chi connectivity index (χ0n) is 14.1. The molecule has 0 aliphatic rings. The van der Waals surface area contributed by atoms with Crippen LogP contribution in [0, 0.1) is 0 Å². The summed E-state index contributed by atoms with van der Waals surface area (Å²) < 4.78 is 0. The Bertz CT molecular complexity index is 830. The van der Waals surface area contributed by atoms with E-state index in [1.807, 2.05) is 12.1 Å². The predicted molar refractivity (Wildman–Crippen MR) is 98.0 cm³/mol. The number of rotatable bonds is 5. The Labute approximate surface area is 146 Å². The van der Waals surface area contributed by atoms with Crippen LogP contribution in [0.1, 0.15) is 35.7 Å². The molecule has 0 fully saturated rings. The summed E-state index contributed by atoms with van der Waals surface area (Å²) in [6.07, 6.45) is 3.12. The normalized spacial score (nSPS) is 10.5. The molecule has 3 aromatic rings. The van der Waals surface area contributed by atoms with Crippen molar-refractivity contribution in [1.29, 1.82) is 0 Å². The van der Waals surface area contributed by atoms with Crippen molar-refractivity contribution in [3.8, 4) is 0 Å². The Hall–Kier alpha value is -3.28. The van der Waals surface area contributed by atoms with Gasteiger partial charge in [-0.25, -0.2) is 0 Å². The molecule has 2 heterocycles. The van der Waals surface area contributed by atoms with Crippen molar-refractivity contribution in [1.82, 2.24) is 15.2 Å². The van der Waals surface area contributed by atoms with Crippen molar-refractivity contribution < 1.29 is 4.79 Å². The number of aromatic nitrogens is 3. The fraction of sp³-hybridized carbons (Fsp3) is 0.158. The number of hydrogen-bond acceptors (Lipinski definition) is 5.